The maximum atomic E-state index is 11.7. The zero-order valence-electron chi connectivity index (χ0n) is 17.3. The number of carbonyl (C=O) groups excluding carboxylic acids is 2. The van der Waals surface area contributed by atoms with Gasteiger partial charge in [0.1, 0.15) is 0 Å². The number of hydrogen-bond donors (Lipinski definition) is 3. The molecule has 0 saturated carbocycles. The second kappa shape index (κ2) is 11.3. The van der Waals surface area contributed by atoms with Gasteiger partial charge in [0, 0.05) is 44.2 Å². The third kappa shape index (κ3) is 7.21. The van der Waals surface area contributed by atoms with Crippen molar-refractivity contribution < 1.29 is 9.59 Å². The molecular weight excluding hydrogens is 354 g/mol. The Morgan fingerprint density at radius 1 is 1.21 bits per heavy atom. The monoisotopic (exact) mass is 387 g/mol. The van der Waals surface area contributed by atoms with Crippen LogP contribution >= 0.6 is 0 Å². The van der Waals surface area contributed by atoms with Gasteiger partial charge in [-0.2, -0.15) is 0 Å². The standard InChI is InChI=1S/C21H33N5O2/c1-4-22-21(23-12-6-14-26-13-5-7-19(26)27)24-15-17-8-10-18(11-9-17)25-20(28)16(2)3/h8-11,16H,4-7,12-15H2,1-3H3,(H,25,28)(H2,22,23,24). The van der Waals surface area contributed by atoms with E-state index in [4.69, 9.17) is 0 Å². The number of anilines is 1. The minimum atomic E-state index is -0.0402. The van der Waals surface area contributed by atoms with Gasteiger partial charge < -0.3 is 20.9 Å². The van der Waals surface area contributed by atoms with Crippen LogP contribution in [0.15, 0.2) is 29.3 Å². The number of guanidine groups is 1. The van der Waals surface area contributed by atoms with Crippen LogP contribution in [0.25, 0.3) is 0 Å². The molecule has 154 valence electrons. The van der Waals surface area contributed by atoms with Gasteiger partial charge in [0.15, 0.2) is 5.96 Å². The lowest BCUT2D eigenvalue weighted by Gasteiger charge is -2.16. The third-order valence-corrected chi connectivity index (χ3v) is 4.58. The summed E-state index contributed by atoms with van der Waals surface area (Å²) in [5.74, 6) is 1.02. The Labute approximate surface area is 168 Å². The van der Waals surface area contributed by atoms with E-state index in [0.717, 1.165) is 56.2 Å². The Morgan fingerprint density at radius 3 is 2.57 bits per heavy atom. The fourth-order valence-electron chi connectivity index (χ4n) is 2.91. The summed E-state index contributed by atoms with van der Waals surface area (Å²) in [7, 11) is 0. The van der Waals surface area contributed by atoms with E-state index in [9.17, 15) is 9.59 Å². The van der Waals surface area contributed by atoms with Gasteiger partial charge in [-0.05, 0) is 37.5 Å². The summed E-state index contributed by atoms with van der Waals surface area (Å²) in [6.45, 7) is 9.58. The van der Waals surface area contributed by atoms with E-state index in [-0.39, 0.29) is 17.7 Å². The van der Waals surface area contributed by atoms with Crippen molar-refractivity contribution in [3.8, 4) is 0 Å². The lowest BCUT2D eigenvalue weighted by atomic mass is 10.2. The smallest absolute Gasteiger partial charge is 0.226 e. The van der Waals surface area contributed by atoms with E-state index in [1.807, 2.05) is 49.9 Å². The van der Waals surface area contributed by atoms with Crippen molar-refractivity contribution in [3.63, 3.8) is 0 Å². The molecule has 28 heavy (non-hydrogen) atoms. The number of benzene rings is 1. The molecule has 1 aliphatic rings. The second-order valence-corrected chi connectivity index (χ2v) is 7.30. The van der Waals surface area contributed by atoms with Crippen LogP contribution in [0.4, 0.5) is 5.69 Å². The van der Waals surface area contributed by atoms with Crippen molar-refractivity contribution in [3.05, 3.63) is 29.8 Å². The SMILES string of the molecule is CCNC(=NCc1ccc(NC(=O)C(C)C)cc1)NCCCN1CCCC1=O. The lowest BCUT2D eigenvalue weighted by molar-refractivity contribution is -0.127. The van der Waals surface area contributed by atoms with Gasteiger partial charge in [0.05, 0.1) is 6.54 Å². The molecule has 3 N–H and O–H groups in total. The van der Waals surface area contributed by atoms with Crippen LogP contribution in [-0.4, -0.2) is 48.9 Å². The normalized spacial score (nSPS) is 14.5. The van der Waals surface area contributed by atoms with Crippen molar-refractivity contribution in [2.24, 2.45) is 10.9 Å². The van der Waals surface area contributed by atoms with Crippen molar-refractivity contribution >= 4 is 23.5 Å². The maximum Gasteiger partial charge on any atom is 0.226 e. The summed E-state index contributed by atoms with van der Waals surface area (Å²) in [4.78, 5) is 29.9. The van der Waals surface area contributed by atoms with Crippen LogP contribution < -0.4 is 16.0 Å². The van der Waals surface area contributed by atoms with Gasteiger partial charge in [-0.25, -0.2) is 4.99 Å². The van der Waals surface area contributed by atoms with E-state index in [1.165, 1.54) is 0 Å². The van der Waals surface area contributed by atoms with Gasteiger partial charge in [0.25, 0.3) is 0 Å². The molecule has 1 aromatic rings. The highest BCUT2D eigenvalue weighted by atomic mass is 16.2. The molecule has 0 aliphatic carbocycles. The van der Waals surface area contributed by atoms with E-state index in [1.54, 1.807) is 0 Å². The van der Waals surface area contributed by atoms with E-state index >= 15 is 0 Å². The quantitative estimate of drug-likeness (QED) is 0.345. The van der Waals surface area contributed by atoms with Crippen molar-refractivity contribution in [2.45, 2.75) is 46.6 Å². The number of aliphatic imine (C=N–C) groups is 1. The second-order valence-electron chi connectivity index (χ2n) is 7.30. The number of hydrogen-bond acceptors (Lipinski definition) is 3. The number of rotatable bonds is 9. The maximum absolute atomic E-state index is 11.7. The Bertz CT molecular complexity index is 670. The van der Waals surface area contributed by atoms with Crippen molar-refractivity contribution in [2.75, 3.05) is 31.5 Å². The lowest BCUT2D eigenvalue weighted by Crippen LogP contribution is -2.39. The summed E-state index contributed by atoms with van der Waals surface area (Å²) < 4.78 is 0. The predicted molar refractivity (Wildman–Crippen MR) is 113 cm³/mol. The van der Waals surface area contributed by atoms with Crippen LogP contribution in [0.2, 0.25) is 0 Å². The van der Waals surface area contributed by atoms with E-state index in [2.05, 4.69) is 20.9 Å². The minimum Gasteiger partial charge on any atom is -0.357 e. The molecule has 0 aromatic heterocycles. The molecule has 1 fully saturated rings. The molecular formula is C21H33N5O2. The van der Waals surface area contributed by atoms with Crippen LogP contribution in [-0.2, 0) is 16.1 Å². The highest BCUT2D eigenvalue weighted by Crippen LogP contribution is 2.12. The summed E-state index contributed by atoms with van der Waals surface area (Å²) in [6.07, 6.45) is 2.58. The summed E-state index contributed by atoms with van der Waals surface area (Å²) >= 11 is 0. The predicted octanol–water partition coefficient (Wildman–Crippen LogP) is 2.35. The van der Waals surface area contributed by atoms with E-state index in [0.29, 0.717) is 13.0 Å². The Hall–Kier alpha value is -2.57. The molecule has 0 bridgehead atoms. The number of carbonyl (C=O) groups is 2. The number of nitrogens with one attached hydrogen (secondary N) is 3. The highest BCUT2D eigenvalue weighted by molar-refractivity contribution is 5.92. The van der Waals surface area contributed by atoms with E-state index < -0.39 is 0 Å². The first kappa shape index (κ1) is 21.7. The average molecular weight is 388 g/mol. The molecule has 0 spiro atoms. The first-order chi connectivity index (χ1) is 13.5. The fraction of sp³-hybridized carbons (Fsp3) is 0.571. The summed E-state index contributed by atoms with van der Waals surface area (Å²) in [5, 5.41) is 9.45. The van der Waals surface area contributed by atoms with Gasteiger partial charge in [0.2, 0.25) is 11.8 Å². The fourth-order valence-corrected chi connectivity index (χ4v) is 2.91. The molecule has 1 aliphatic heterocycles. The van der Waals surface area contributed by atoms with Crippen LogP contribution in [0.5, 0.6) is 0 Å². The molecule has 0 atom stereocenters. The van der Waals surface area contributed by atoms with Crippen LogP contribution in [0, 0.1) is 5.92 Å². The van der Waals surface area contributed by atoms with Crippen LogP contribution in [0.3, 0.4) is 0 Å². The third-order valence-electron chi connectivity index (χ3n) is 4.58. The molecule has 7 nitrogen and oxygen atoms in total. The van der Waals surface area contributed by atoms with Gasteiger partial charge >= 0.3 is 0 Å². The average Bonchev–Trinajstić information content (AvgIpc) is 3.09. The molecule has 0 radical (unpaired) electrons. The first-order valence-electron chi connectivity index (χ1n) is 10.2. The molecule has 0 unspecified atom stereocenters. The molecule has 2 rings (SSSR count). The summed E-state index contributed by atoms with van der Waals surface area (Å²) in [6, 6.07) is 7.75. The van der Waals surface area contributed by atoms with Crippen molar-refractivity contribution in [1.82, 2.24) is 15.5 Å². The van der Waals surface area contributed by atoms with Gasteiger partial charge in [-0.1, -0.05) is 26.0 Å². The molecule has 1 aromatic carbocycles. The molecule has 1 saturated heterocycles. The Morgan fingerprint density at radius 2 is 1.96 bits per heavy atom. The van der Waals surface area contributed by atoms with Crippen molar-refractivity contribution in [1.29, 1.82) is 0 Å². The minimum absolute atomic E-state index is 0.0139. The topological polar surface area (TPSA) is 85.8 Å². The first-order valence-corrected chi connectivity index (χ1v) is 10.2. The number of likely N-dealkylation sites (tertiary alicyclic amines) is 1. The zero-order chi connectivity index (χ0) is 20.4. The highest BCUT2D eigenvalue weighted by Gasteiger charge is 2.18. The van der Waals surface area contributed by atoms with Gasteiger partial charge in [-0.15, -0.1) is 0 Å². The Kier molecular flexibility index (Phi) is 8.78. The molecule has 1 heterocycles. The number of nitrogens with zero attached hydrogens (tertiary/aromatic N) is 2. The Balaban J connectivity index is 1.79. The zero-order valence-corrected chi connectivity index (χ0v) is 17.3. The summed E-state index contributed by atoms with van der Waals surface area (Å²) in [5.41, 5.74) is 1.87. The van der Waals surface area contributed by atoms with Crippen LogP contribution in [0.1, 0.15) is 45.6 Å². The largest absolute Gasteiger partial charge is 0.357 e. The molecule has 2 amide bonds. The van der Waals surface area contributed by atoms with Gasteiger partial charge in [-0.3, -0.25) is 9.59 Å². The molecule has 7 heteroatoms. The number of amides is 2.